The molecular formula is C21H30N2O6S. The Kier molecular flexibility index (Phi) is 7.89. The van der Waals surface area contributed by atoms with Crippen molar-refractivity contribution in [3.63, 3.8) is 0 Å². The summed E-state index contributed by atoms with van der Waals surface area (Å²) in [4.78, 5) is 26.1. The van der Waals surface area contributed by atoms with Gasteiger partial charge in [0.05, 0.1) is 36.1 Å². The van der Waals surface area contributed by atoms with Crippen molar-refractivity contribution in [2.45, 2.75) is 43.8 Å². The first-order chi connectivity index (χ1) is 14.1. The molecule has 0 aromatic heterocycles. The van der Waals surface area contributed by atoms with Gasteiger partial charge in [0.15, 0.2) is 9.84 Å². The fourth-order valence-electron chi connectivity index (χ4n) is 3.16. The summed E-state index contributed by atoms with van der Waals surface area (Å²) in [5.41, 5.74) is 0.837. The lowest BCUT2D eigenvalue weighted by Crippen LogP contribution is -2.32. The van der Waals surface area contributed by atoms with Gasteiger partial charge in [0.2, 0.25) is 0 Å². The third-order valence-electron chi connectivity index (χ3n) is 5.18. The molecule has 9 heteroatoms. The van der Waals surface area contributed by atoms with Crippen molar-refractivity contribution in [1.82, 2.24) is 0 Å². The zero-order chi connectivity index (χ0) is 22.5. The molecule has 0 radical (unpaired) electrons. The number of carbonyl (C=O) groups is 2. The molecule has 0 aliphatic carbocycles. The van der Waals surface area contributed by atoms with E-state index in [-0.39, 0.29) is 16.3 Å². The number of methoxy groups -OCH3 is 2. The summed E-state index contributed by atoms with van der Waals surface area (Å²) in [6.07, 6.45) is 3.03. The molecule has 1 aromatic rings. The molecule has 8 nitrogen and oxygen atoms in total. The average molecular weight is 439 g/mol. The van der Waals surface area contributed by atoms with Crippen LogP contribution in [0.3, 0.4) is 0 Å². The Morgan fingerprint density at radius 1 is 1.17 bits per heavy atom. The molecule has 1 aliphatic rings. The number of hydrogen-bond donors (Lipinski definition) is 1. The van der Waals surface area contributed by atoms with Crippen LogP contribution in [0.4, 0.5) is 11.4 Å². The van der Waals surface area contributed by atoms with Crippen LogP contribution in [0.5, 0.6) is 0 Å². The minimum Gasteiger partial charge on any atom is -0.466 e. The van der Waals surface area contributed by atoms with Crippen molar-refractivity contribution in [2.24, 2.45) is 5.92 Å². The highest BCUT2D eigenvalue weighted by Crippen LogP contribution is 2.32. The first-order valence-corrected chi connectivity index (χ1v) is 11.4. The van der Waals surface area contributed by atoms with E-state index in [1.54, 1.807) is 26.0 Å². The van der Waals surface area contributed by atoms with Crippen LogP contribution < -0.4 is 10.2 Å². The molecule has 1 saturated heterocycles. The number of piperidine rings is 1. The highest BCUT2D eigenvalue weighted by Gasteiger charge is 2.26. The molecule has 2 rings (SSSR count). The molecule has 0 unspecified atom stereocenters. The summed E-state index contributed by atoms with van der Waals surface area (Å²) in [5, 5.41) is 2.13. The van der Waals surface area contributed by atoms with Gasteiger partial charge >= 0.3 is 11.9 Å². The topological polar surface area (TPSA) is 102 Å². The van der Waals surface area contributed by atoms with E-state index < -0.39 is 27.0 Å². The summed E-state index contributed by atoms with van der Waals surface area (Å²) < 4.78 is 35.1. The summed E-state index contributed by atoms with van der Waals surface area (Å²) in [5.74, 6) is -0.934. The van der Waals surface area contributed by atoms with E-state index in [1.165, 1.54) is 20.3 Å². The molecule has 1 aliphatic heterocycles. The van der Waals surface area contributed by atoms with Crippen molar-refractivity contribution in [3.05, 3.63) is 30.0 Å². The molecule has 0 saturated carbocycles. The maximum absolute atomic E-state index is 12.9. The van der Waals surface area contributed by atoms with Crippen molar-refractivity contribution in [1.29, 1.82) is 0 Å². The smallest absolute Gasteiger partial charge is 0.354 e. The molecule has 1 heterocycles. The van der Waals surface area contributed by atoms with Gasteiger partial charge in [-0.1, -0.05) is 6.92 Å². The molecule has 0 atom stereocenters. The number of carbonyl (C=O) groups excluding carboxylic acids is 2. The monoisotopic (exact) mass is 438 g/mol. The van der Waals surface area contributed by atoms with Gasteiger partial charge in [-0.05, 0) is 50.8 Å². The maximum atomic E-state index is 12.9. The van der Waals surface area contributed by atoms with Gasteiger partial charge in [0.1, 0.15) is 5.70 Å². The third-order valence-corrected chi connectivity index (χ3v) is 7.39. The summed E-state index contributed by atoms with van der Waals surface area (Å²) in [6, 6.07) is 5.01. The Balaban J connectivity index is 2.54. The first kappa shape index (κ1) is 23.7. The van der Waals surface area contributed by atoms with Crippen LogP contribution in [-0.4, -0.2) is 52.9 Å². The van der Waals surface area contributed by atoms with Crippen molar-refractivity contribution >= 4 is 33.2 Å². The van der Waals surface area contributed by atoms with Crippen molar-refractivity contribution in [3.8, 4) is 0 Å². The van der Waals surface area contributed by atoms with Gasteiger partial charge in [-0.2, -0.15) is 0 Å². The summed E-state index contributed by atoms with van der Waals surface area (Å²) in [7, 11) is -1.30. The number of anilines is 2. The first-order valence-electron chi connectivity index (χ1n) is 9.88. The van der Waals surface area contributed by atoms with Crippen LogP contribution in [0.2, 0.25) is 0 Å². The average Bonchev–Trinajstić information content (AvgIpc) is 2.72. The Labute approximate surface area is 178 Å². The molecule has 166 valence electrons. The lowest BCUT2D eigenvalue weighted by Gasteiger charge is -2.32. The van der Waals surface area contributed by atoms with Gasteiger partial charge < -0.3 is 19.7 Å². The highest BCUT2D eigenvalue weighted by atomic mass is 32.2. The number of sulfone groups is 1. The summed E-state index contributed by atoms with van der Waals surface area (Å²) >= 11 is 0. The lowest BCUT2D eigenvalue weighted by atomic mass is 9.99. The fraction of sp³-hybridized carbons (Fsp3) is 0.524. The fourth-order valence-corrected chi connectivity index (χ4v) is 4.34. The molecule has 0 spiro atoms. The van der Waals surface area contributed by atoms with Crippen LogP contribution in [0.15, 0.2) is 34.9 Å². The highest BCUT2D eigenvalue weighted by molar-refractivity contribution is 7.92. The van der Waals surface area contributed by atoms with E-state index >= 15 is 0 Å². The molecule has 0 bridgehead atoms. The SMILES string of the molecule is COC(=O)/C=C(/Nc1cc(N2CCC(C)CC2)ccc1S(=O)(=O)C(C)C)C(=O)OC. The number of hydrogen-bond acceptors (Lipinski definition) is 8. The van der Waals surface area contributed by atoms with Crippen LogP contribution in [0.25, 0.3) is 0 Å². The molecule has 0 amide bonds. The second kappa shape index (κ2) is 9.97. The van der Waals surface area contributed by atoms with Crippen LogP contribution in [0.1, 0.15) is 33.6 Å². The summed E-state index contributed by atoms with van der Waals surface area (Å²) in [6.45, 7) is 7.11. The van der Waals surface area contributed by atoms with E-state index in [0.29, 0.717) is 5.92 Å². The lowest BCUT2D eigenvalue weighted by molar-refractivity contribution is -0.138. The largest absolute Gasteiger partial charge is 0.466 e. The molecule has 1 fully saturated rings. The van der Waals surface area contributed by atoms with Crippen LogP contribution in [-0.2, 0) is 28.9 Å². The number of nitrogens with one attached hydrogen (secondary N) is 1. The number of rotatable bonds is 7. The quantitative estimate of drug-likeness (QED) is 0.512. The van der Waals surface area contributed by atoms with Crippen LogP contribution in [0, 0.1) is 5.92 Å². The van der Waals surface area contributed by atoms with Crippen molar-refractivity contribution < 1.29 is 27.5 Å². The second-order valence-electron chi connectivity index (χ2n) is 7.64. The number of esters is 2. The Hall–Kier alpha value is -2.55. The van der Waals surface area contributed by atoms with E-state index in [1.807, 2.05) is 0 Å². The van der Waals surface area contributed by atoms with E-state index in [9.17, 15) is 18.0 Å². The Bertz CT molecular complexity index is 915. The zero-order valence-corrected chi connectivity index (χ0v) is 18.9. The Morgan fingerprint density at radius 3 is 2.33 bits per heavy atom. The Morgan fingerprint density at radius 2 is 1.80 bits per heavy atom. The maximum Gasteiger partial charge on any atom is 0.354 e. The normalized spacial score (nSPS) is 15.8. The van der Waals surface area contributed by atoms with Crippen LogP contribution >= 0.6 is 0 Å². The predicted molar refractivity (Wildman–Crippen MR) is 115 cm³/mol. The number of ether oxygens (including phenoxy) is 2. The standard InChI is InChI=1S/C21H30N2O6S/c1-14(2)30(26,27)19-7-6-16(23-10-8-15(3)9-11-23)12-17(19)22-18(21(25)29-5)13-20(24)28-4/h6-7,12-15,22H,8-11H2,1-5H3/b18-13+. The second-order valence-corrected chi connectivity index (χ2v) is 10.1. The van der Waals surface area contributed by atoms with Gasteiger partial charge in [-0.25, -0.2) is 18.0 Å². The van der Waals surface area contributed by atoms with Gasteiger partial charge in [0.25, 0.3) is 0 Å². The van der Waals surface area contributed by atoms with Gasteiger partial charge in [-0.3, -0.25) is 0 Å². The van der Waals surface area contributed by atoms with E-state index in [2.05, 4.69) is 21.9 Å². The van der Waals surface area contributed by atoms with E-state index in [0.717, 1.165) is 37.7 Å². The van der Waals surface area contributed by atoms with Crippen molar-refractivity contribution in [2.75, 3.05) is 37.5 Å². The molecular weight excluding hydrogens is 408 g/mol. The van der Waals surface area contributed by atoms with E-state index in [4.69, 9.17) is 4.74 Å². The van der Waals surface area contributed by atoms with Gasteiger partial charge in [-0.15, -0.1) is 0 Å². The minimum absolute atomic E-state index is 0.0475. The minimum atomic E-state index is -3.65. The van der Waals surface area contributed by atoms with Gasteiger partial charge in [0, 0.05) is 18.8 Å². The number of nitrogens with zero attached hydrogens (tertiary/aromatic N) is 1. The number of benzene rings is 1. The predicted octanol–water partition coefficient (Wildman–Crippen LogP) is 2.75. The molecule has 1 N–H and O–H groups in total. The molecule has 1 aromatic carbocycles. The molecule has 30 heavy (non-hydrogen) atoms. The third kappa shape index (κ3) is 5.53. The zero-order valence-electron chi connectivity index (χ0n) is 18.1.